The molecule has 2 amide bonds. The van der Waals surface area contributed by atoms with Crippen molar-refractivity contribution in [1.82, 2.24) is 9.88 Å². The molecule has 0 spiro atoms. The third-order valence-electron chi connectivity index (χ3n) is 8.53. The van der Waals surface area contributed by atoms with Crippen molar-refractivity contribution in [3.63, 3.8) is 0 Å². The number of amides is 2. The molecule has 3 N–H and O–H groups in total. The molecule has 2 heterocycles. The summed E-state index contributed by atoms with van der Waals surface area (Å²) in [5, 5.41) is 4.35. The van der Waals surface area contributed by atoms with Crippen LogP contribution in [-0.2, 0) is 29.0 Å². The highest BCUT2D eigenvalue weighted by Gasteiger charge is 2.44. The molecule has 1 aromatic heterocycles. The SMILES string of the molecule is CCOc1ccc(F)c([C@@H](Nc2ccc3c(N)nccc3c2)C(=O)N2CCC[C@@H]2c2cc(N(OC(=O)C(F)(F)F)C(=O)OC)ccc2S(=O)(=O)CC)c1. The van der Waals surface area contributed by atoms with Gasteiger partial charge < -0.3 is 30.3 Å². The summed E-state index contributed by atoms with van der Waals surface area (Å²) in [7, 11) is -3.23. The Morgan fingerprint density at radius 1 is 1.08 bits per heavy atom. The fourth-order valence-corrected chi connectivity index (χ4v) is 7.16. The Labute approximate surface area is 301 Å². The van der Waals surface area contributed by atoms with E-state index in [4.69, 9.17) is 10.5 Å². The predicted molar refractivity (Wildman–Crippen MR) is 185 cm³/mol. The summed E-state index contributed by atoms with van der Waals surface area (Å²) in [6.07, 6.45) is -5.02. The molecule has 0 bridgehead atoms. The molecule has 0 radical (unpaired) electrons. The zero-order chi connectivity index (χ0) is 38.7. The van der Waals surface area contributed by atoms with Crippen molar-refractivity contribution < 1.29 is 54.7 Å². The Hall–Kier alpha value is -5.65. The summed E-state index contributed by atoms with van der Waals surface area (Å²) in [6, 6.07) is 11.2. The maximum absolute atomic E-state index is 15.7. The number of fused-ring (bicyclic) bond motifs is 1. The number of nitrogens with two attached hydrogens (primary N) is 1. The van der Waals surface area contributed by atoms with E-state index in [2.05, 4.69) is 19.9 Å². The Morgan fingerprint density at radius 2 is 1.83 bits per heavy atom. The second-order valence-electron chi connectivity index (χ2n) is 11.8. The van der Waals surface area contributed by atoms with Crippen molar-refractivity contribution in [2.75, 3.05) is 42.1 Å². The summed E-state index contributed by atoms with van der Waals surface area (Å²) >= 11 is 0. The van der Waals surface area contributed by atoms with Gasteiger partial charge in [0, 0.05) is 29.4 Å². The molecule has 18 heteroatoms. The molecule has 1 saturated heterocycles. The average molecular weight is 762 g/mol. The molecule has 5 rings (SSSR count). The van der Waals surface area contributed by atoms with Crippen molar-refractivity contribution in [2.24, 2.45) is 0 Å². The second-order valence-corrected chi connectivity index (χ2v) is 14.0. The number of sulfone groups is 1. The van der Waals surface area contributed by atoms with Crippen LogP contribution in [-0.4, -0.2) is 68.5 Å². The van der Waals surface area contributed by atoms with Crippen LogP contribution in [0.2, 0.25) is 0 Å². The number of nitrogen functional groups attached to an aromatic ring is 1. The molecule has 0 aliphatic carbocycles. The first-order valence-electron chi connectivity index (χ1n) is 16.3. The molecule has 1 aliphatic heterocycles. The summed E-state index contributed by atoms with van der Waals surface area (Å²) in [5.74, 6) is -4.03. The number of likely N-dealkylation sites (tertiary alicyclic amines) is 1. The van der Waals surface area contributed by atoms with Gasteiger partial charge in [-0.05, 0) is 91.4 Å². The van der Waals surface area contributed by atoms with E-state index in [0.29, 0.717) is 22.9 Å². The summed E-state index contributed by atoms with van der Waals surface area (Å²) in [6.45, 7) is 3.42. The molecule has 282 valence electrons. The highest BCUT2D eigenvalue weighted by Crippen LogP contribution is 2.41. The summed E-state index contributed by atoms with van der Waals surface area (Å²) in [5.41, 5.74) is 5.75. The molecule has 53 heavy (non-hydrogen) atoms. The number of hydrogen-bond acceptors (Lipinski definition) is 11. The lowest BCUT2D eigenvalue weighted by Gasteiger charge is -2.32. The number of hydrogen-bond donors (Lipinski definition) is 2. The van der Waals surface area contributed by atoms with Crippen molar-refractivity contribution in [3.8, 4) is 5.75 Å². The van der Waals surface area contributed by atoms with Gasteiger partial charge in [-0.1, -0.05) is 6.92 Å². The zero-order valence-corrected chi connectivity index (χ0v) is 29.5. The maximum Gasteiger partial charge on any atom is 0.493 e. The number of hydroxylamine groups is 1. The Morgan fingerprint density at radius 3 is 2.51 bits per heavy atom. The molecule has 1 aliphatic rings. The zero-order valence-electron chi connectivity index (χ0n) is 28.6. The molecular formula is C35H35F4N5O8S. The van der Waals surface area contributed by atoms with Gasteiger partial charge >= 0.3 is 18.2 Å². The standard InChI is InChI=1S/C35H35F4N5O8S/c1-4-51-23-10-12-27(36)25(19-23)30(42-21-8-11-24-20(17-21)14-15-41-31(24)40)32(45)43-16-6-7-28(43)26-18-22(9-13-29(26)53(48,49)5-2)44(34(47)50-3)52-33(46)35(37,38)39/h8-15,17-19,28,30,42H,4-7,16H2,1-3H3,(H2,40,41)/t28-,30-/m1/s1. The lowest BCUT2D eigenvalue weighted by Crippen LogP contribution is -2.39. The van der Waals surface area contributed by atoms with Crippen LogP contribution in [0.25, 0.3) is 10.8 Å². The first-order valence-corrected chi connectivity index (χ1v) is 17.9. The van der Waals surface area contributed by atoms with E-state index < -0.39 is 63.3 Å². The topological polar surface area (TPSA) is 170 Å². The van der Waals surface area contributed by atoms with E-state index in [-0.39, 0.29) is 52.2 Å². The number of carbonyl (C=O) groups is 3. The number of aromatic nitrogens is 1. The van der Waals surface area contributed by atoms with E-state index in [1.807, 2.05) is 0 Å². The van der Waals surface area contributed by atoms with Gasteiger partial charge in [0.2, 0.25) is 5.91 Å². The lowest BCUT2D eigenvalue weighted by atomic mass is 10.00. The minimum absolute atomic E-state index is 0.0635. The van der Waals surface area contributed by atoms with E-state index in [9.17, 15) is 36.0 Å². The summed E-state index contributed by atoms with van der Waals surface area (Å²) in [4.78, 5) is 48.5. The van der Waals surface area contributed by atoms with Gasteiger partial charge in [-0.25, -0.2) is 27.4 Å². The van der Waals surface area contributed by atoms with Gasteiger partial charge in [-0.2, -0.15) is 13.2 Å². The Bertz CT molecular complexity index is 2150. The first-order chi connectivity index (χ1) is 25.1. The van der Waals surface area contributed by atoms with Crippen LogP contribution in [0, 0.1) is 5.82 Å². The normalized spacial score (nSPS) is 15.2. The van der Waals surface area contributed by atoms with Crippen LogP contribution in [0.4, 0.5) is 39.5 Å². The monoisotopic (exact) mass is 761 g/mol. The minimum Gasteiger partial charge on any atom is -0.494 e. The van der Waals surface area contributed by atoms with Crippen molar-refractivity contribution in [2.45, 2.75) is 49.8 Å². The van der Waals surface area contributed by atoms with E-state index in [1.54, 1.807) is 31.2 Å². The number of anilines is 3. The van der Waals surface area contributed by atoms with Crippen LogP contribution >= 0.6 is 0 Å². The number of rotatable bonds is 10. The third-order valence-corrected chi connectivity index (χ3v) is 10.3. The third kappa shape index (κ3) is 8.21. The molecule has 0 unspecified atom stereocenters. The largest absolute Gasteiger partial charge is 0.494 e. The first kappa shape index (κ1) is 38.6. The second kappa shape index (κ2) is 15.5. The highest BCUT2D eigenvalue weighted by molar-refractivity contribution is 7.91. The van der Waals surface area contributed by atoms with Gasteiger partial charge in [0.1, 0.15) is 23.4 Å². The number of carbonyl (C=O) groups excluding carboxylic acids is 3. The maximum atomic E-state index is 15.7. The molecule has 13 nitrogen and oxygen atoms in total. The minimum atomic E-state index is -5.50. The number of nitrogens with one attached hydrogen (secondary N) is 1. The van der Waals surface area contributed by atoms with Crippen LogP contribution in [0.3, 0.4) is 0 Å². The highest BCUT2D eigenvalue weighted by atomic mass is 32.2. The fraction of sp³-hybridized carbons (Fsp3) is 0.314. The molecule has 0 saturated carbocycles. The lowest BCUT2D eigenvalue weighted by molar-refractivity contribution is -0.200. The Balaban J connectivity index is 1.63. The number of benzene rings is 3. The molecule has 3 aromatic carbocycles. The van der Waals surface area contributed by atoms with E-state index in [0.717, 1.165) is 31.4 Å². The van der Waals surface area contributed by atoms with Gasteiger partial charge in [-0.15, -0.1) is 5.06 Å². The number of nitrogens with zero attached hydrogens (tertiary/aromatic N) is 3. The van der Waals surface area contributed by atoms with E-state index >= 15 is 4.39 Å². The number of methoxy groups -OCH3 is 1. The predicted octanol–water partition coefficient (Wildman–Crippen LogP) is 6.26. The van der Waals surface area contributed by atoms with Gasteiger partial charge in [0.05, 0.1) is 36.1 Å². The van der Waals surface area contributed by atoms with Crippen molar-refractivity contribution in [1.29, 1.82) is 0 Å². The quantitative estimate of drug-likeness (QED) is 0.138. The molecule has 2 atom stereocenters. The summed E-state index contributed by atoms with van der Waals surface area (Å²) < 4.78 is 92.1. The van der Waals surface area contributed by atoms with Gasteiger partial charge in [-0.3, -0.25) is 4.79 Å². The fourth-order valence-electron chi connectivity index (χ4n) is 6.02. The Kier molecular flexibility index (Phi) is 11.3. The van der Waals surface area contributed by atoms with Crippen LogP contribution in [0.1, 0.15) is 49.9 Å². The smallest absolute Gasteiger partial charge is 0.493 e. The van der Waals surface area contributed by atoms with Gasteiger partial charge in [0.25, 0.3) is 0 Å². The van der Waals surface area contributed by atoms with Crippen molar-refractivity contribution >= 4 is 55.8 Å². The van der Waals surface area contributed by atoms with Crippen LogP contribution in [0.15, 0.2) is 71.8 Å². The molecule has 4 aromatic rings. The van der Waals surface area contributed by atoms with Crippen LogP contribution in [0.5, 0.6) is 5.75 Å². The number of ether oxygens (including phenoxy) is 2. The van der Waals surface area contributed by atoms with Crippen LogP contribution < -0.4 is 20.9 Å². The number of halogens is 4. The molecular weight excluding hydrogens is 726 g/mol. The average Bonchev–Trinajstić information content (AvgIpc) is 3.63. The van der Waals surface area contributed by atoms with E-state index in [1.165, 1.54) is 30.2 Å². The van der Waals surface area contributed by atoms with Crippen molar-refractivity contribution in [3.05, 3.63) is 83.8 Å². The number of pyridine rings is 1. The molecule has 1 fully saturated rings. The number of alkyl halides is 3. The van der Waals surface area contributed by atoms with Gasteiger partial charge in [0.15, 0.2) is 9.84 Å².